The number of allylic oxidation sites excluding steroid dienone is 1. The molecule has 2 aliphatic rings. The molecule has 0 saturated carbocycles. The van der Waals surface area contributed by atoms with Crippen LogP contribution in [0.25, 0.3) is 6.08 Å². The summed E-state index contributed by atoms with van der Waals surface area (Å²) in [6, 6.07) is 11.7. The largest absolute Gasteiger partial charge is 0.497 e. The van der Waals surface area contributed by atoms with Gasteiger partial charge in [0.05, 0.1) is 55.9 Å². The average molecular weight is 608 g/mol. The predicted octanol–water partition coefficient (Wildman–Crippen LogP) is 2.05. The fourth-order valence-electron chi connectivity index (χ4n) is 4.98. The molecule has 0 unspecified atom stereocenters. The maximum atomic E-state index is 13.9. The van der Waals surface area contributed by atoms with Crippen molar-refractivity contribution in [3.63, 3.8) is 0 Å². The molecule has 1 aromatic heterocycles. The lowest BCUT2D eigenvalue weighted by Crippen LogP contribution is -2.43. The molecule has 0 spiro atoms. The molecule has 11 nitrogen and oxygen atoms in total. The number of morpholine rings is 1. The van der Waals surface area contributed by atoms with E-state index in [9.17, 15) is 14.4 Å². The van der Waals surface area contributed by atoms with Crippen molar-refractivity contribution in [1.82, 2.24) is 9.47 Å². The minimum absolute atomic E-state index is 0.123. The van der Waals surface area contributed by atoms with Crippen LogP contribution >= 0.6 is 11.3 Å². The molecule has 0 N–H and O–H groups in total. The number of rotatable bonds is 9. The van der Waals surface area contributed by atoms with Crippen molar-refractivity contribution in [2.24, 2.45) is 4.99 Å². The summed E-state index contributed by atoms with van der Waals surface area (Å²) in [7, 11) is 3.09. The number of benzene rings is 2. The fourth-order valence-corrected chi connectivity index (χ4v) is 6.03. The number of fused-ring (bicyclic) bond motifs is 1. The lowest BCUT2D eigenvalue weighted by molar-refractivity contribution is -0.139. The SMILES string of the molecule is CCOC(=O)C1=C(C)N=c2s/c(=C/c3ccc(OCC(=O)N4CCOCC4)c(OC)c3)c(=O)n2[C@@H]1c1ccc(OC)cc1. The Labute approximate surface area is 252 Å². The molecule has 5 rings (SSSR count). The van der Waals surface area contributed by atoms with Crippen LogP contribution in [-0.2, 0) is 19.1 Å². The molecular weight excluding hydrogens is 574 g/mol. The lowest BCUT2D eigenvalue weighted by atomic mass is 9.96. The number of carbonyl (C=O) groups excluding carboxylic acids is 2. The normalized spacial score (nSPS) is 16.8. The quantitative estimate of drug-likeness (QED) is 0.340. The zero-order valence-electron chi connectivity index (χ0n) is 24.5. The molecule has 2 aliphatic heterocycles. The van der Waals surface area contributed by atoms with Gasteiger partial charge < -0.3 is 28.6 Å². The maximum absolute atomic E-state index is 13.9. The van der Waals surface area contributed by atoms with Crippen molar-refractivity contribution in [2.45, 2.75) is 19.9 Å². The Hall–Kier alpha value is -4.42. The third kappa shape index (κ3) is 6.35. The number of carbonyl (C=O) groups is 2. The monoisotopic (exact) mass is 607 g/mol. The minimum atomic E-state index is -0.724. The lowest BCUT2D eigenvalue weighted by Gasteiger charge is -2.26. The molecule has 12 heteroatoms. The molecule has 0 bridgehead atoms. The Bertz CT molecular complexity index is 1720. The Morgan fingerprint density at radius 1 is 1.07 bits per heavy atom. The first-order valence-corrected chi connectivity index (χ1v) is 14.7. The van der Waals surface area contributed by atoms with Crippen molar-refractivity contribution < 1.29 is 33.3 Å². The Morgan fingerprint density at radius 2 is 1.81 bits per heavy atom. The number of thiazole rings is 1. The second-order valence-corrected chi connectivity index (χ2v) is 10.8. The van der Waals surface area contributed by atoms with E-state index in [0.717, 1.165) is 5.56 Å². The third-order valence-electron chi connectivity index (χ3n) is 7.15. The van der Waals surface area contributed by atoms with E-state index in [-0.39, 0.29) is 24.7 Å². The molecule has 226 valence electrons. The van der Waals surface area contributed by atoms with Crippen LogP contribution in [0.4, 0.5) is 0 Å². The molecule has 2 aromatic carbocycles. The zero-order valence-corrected chi connectivity index (χ0v) is 25.3. The van der Waals surface area contributed by atoms with Crippen molar-refractivity contribution >= 4 is 29.3 Å². The van der Waals surface area contributed by atoms with Gasteiger partial charge in [0.25, 0.3) is 11.5 Å². The van der Waals surface area contributed by atoms with Gasteiger partial charge in [-0.3, -0.25) is 14.2 Å². The van der Waals surface area contributed by atoms with E-state index in [1.54, 1.807) is 62.3 Å². The smallest absolute Gasteiger partial charge is 0.338 e. The number of hydrogen-bond donors (Lipinski definition) is 0. The van der Waals surface area contributed by atoms with Gasteiger partial charge in [-0.2, -0.15) is 0 Å². The van der Waals surface area contributed by atoms with Crippen LogP contribution in [0.3, 0.4) is 0 Å². The first-order valence-electron chi connectivity index (χ1n) is 13.8. The molecule has 43 heavy (non-hydrogen) atoms. The van der Waals surface area contributed by atoms with Crippen molar-refractivity contribution in [3.8, 4) is 17.2 Å². The van der Waals surface area contributed by atoms with Crippen LogP contribution in [0.15, 0.2) is 63.5 Å². The van der Waals surface area contributed by atoms with Gasteiger partial charge >= 0.3 is 5.97 Å². The Balaban J connectivity index is 1.49. The van der Waals surface area contributed by atoms with Gasteiger partial charge in [0.1, 0.15) is 5.75 Å². The molecule has 1 amide bonds. The second kappa shape index (κ2) is 13.3. The van der Waals surface area contributed by atoms with Crippen molar-refractivity contribution in [2.75, 3.05) is 53.7 Å². The zero-order chi connectivity index (χ0) is 30.5. The van der Waals surface area contributed by atoms with Gasteiger partial charge in [-0.15, -0.1) is 0 Å². The topological polar surface area (TPSA) is 118 Å². The molecular formula is C31H33N3O8S. The number of aromatic nitrogens is 1. The average Bonchev–Trinajstić information content (AvgIpc) is 3.33. The van der Waals surface area contributed by atoms with Gasteiger partial charge in [-0.05, 0) is 55.3 Å². The van der Waals surface area contributed by atoms with Crippen molar-refractivity contribution in [3.05, 3.63) is 84.5 Å². The standard InChI is InChI=1S/C31H33N3O8S/c1-5-41-30(37)27-19(2)32-31-34(28(27)21-7-9-22(38-3)10-8-21)29(36)25(43-31)17-20-6-11-23(24(16-20)39-4)42-18-26(35)33-12-14-40-15-13-33/h6-11,16-17,28H,5,12-15,18H2,1-4H3/b25-17+/t28-/m1/s1. The molecule has 1 fully saturated rings. The number of amides is 1. The summed E-state index contributed by atoms with van der Waals surface area (Å²) in [4.78, 5) is 46.3. The van der Waals surface area contributed by atoms with Crippen LogP contribution in [0.1, 0.15) is 31.0 Å². The summed E-state index contributed by atoms with van der Waals surface area (Å²) < 4.78 is 29.2. The van der Waals surface area contributed by atoms with Gasteiger partial charge in [0, 0.05) is 13.1 Å². The first-order chi connectivity index (χ1) is 20.8. The highest BCUT2D eigenvalue weighted by molar-refractivity contribution is 7.07. The highest BCUT2D eigenvalue weighted by atomic mass is 32.1. The summed E-state index contributed by atoms with van der Waals surface area (Å²) in [6.45, 7) is 5.65. The number of nitrogens with zero attached hydrogens (tertiary/aromatic N) is 3. The van der Waals surface area contributed by atoms with Crippen LogP contribution in [0, 0.1) is 0 Å². The van der Waals surface area contributed by atoms with E-state index in [1.807, 2.05) is 12.1 Å². The van der Waals surface area contributed by atoms with Gasteiger partial charge in [-0.25, -0.2) is 9.79 Å². The predicted molar refractivity (Wildman–Crippen MR) is 159 cm³/mol. The summed E-state index contributed by atoms with van der Waals surface area (Å²) in [5.74, 6) is 0.844. The second-order valence-electron chi connectivity index (χ2n) is 9.77. The summed E-state index contributed by atoms with van der Waals surface area (Å²) in [5, 5.41) is 0. The van der Waals surface area contributed by atoms with Crippen LogP contribution in [-0.4, -0.2) is 75.1 Å². The molecule has 0 aliphatic carbocycles. The number of esters is 1. The summed E-state index contributed by atoms with van der Waals surface area (Å²) in [5.41, 5.74) is 1.91. The summed E-state index contributed by atoms with van der Waals surface area (Å²) in [6.07, 6.45) is 1.74. The number of hydrogen-bond acceptors (Lipinski definition) is 10. The van der Waals surface area contributed by atoms with Crippen LogP contribution in [0.2, 0.25) is 0 Å². The third-order valence-corrected chi connectivity index (χ3v) is 8.13. The van der Waals surface area contributed by atoms with Crippen LogP contribution in [0.5, 0.6) is 17.2 Å². The molecule has 1 atom stereocenters. The van der Waals surface area contributed by atoms with Gasteiger partial charge in [-0.1, -0.05) is 29.5 Å². The minimum Gasteiger partial charge on any atom is -0.497 e. The molecule has 3 heterocycles. The molecule has 0 radical (unpaired) electrons. The summed E-state index contributed by atoms with van der Waals surface area (Å²) >= 11 is 1.23. The number of methoxy groups -OCH3 is 2. The van der Waals surface area contributed by atoms with E-state index in [0.29, 0.717) is 69.7 Å². The van der Waals surface area contributed by atoms with Crippen LogP contribution < -0.4 is 29.1 Å². The maximum Gasteiger partial charge on any atom is 0.338 e. The Morgan fingerprint density at radius 3 is 2.49 bits per heavy atom. The van der Waals surface area contributed by atoms with Gasteiger partial charge in [0.2, 0.25) is 0 Å². The highest BCUT2D eigenvalue weighted by Crippen LogP contribution is 2.32. The fraction of sp³-hybridized carbons (Fsp3) is 0.355. The number of ether oxygens (including phenoxy) is 5. The van der Waals surface area contributed by atoms with E-state index in [2.05, 4.69) is 4.99 Å². The van der Waals surface area contributed by atoms with E-state index in [4.69, 9.17) is 23.7 Å². The van der Waals surface area contributed by atoms with Crippen molar-refractivity contribution in [1.29, 1.82) is 0 Å². The Kier molecular flexibility index (Phi) is 9.27. The highest BCUT2D eigenvalue weighted by Gasteiger charge is 2.33. The molecule has 3 aromatic rings. The molecule has 1 saturated heterocycles. The van der Waals surface area contributed by atoms with E-state index < -0.39 is 12.0 Å². The van der Waals surface area contributed by atoms with E-state index in [1.165, 1.54) is 23.0 Å². The van der Waals surface area contributed by atoms with Gasteiger partial charge in [0.15, 0.2) is 22.9 Å². The first kappa shape index (κ1) is 30.1. The van der Waals surface area contributed by atoms with E-state index >= 15 is 0 Å².